The van der Waals surface area contributed by atoms with E-state index in [9.17, 15) is 14.7 Å². The van der Waals surface area contributed by atoms with E-state index >= 15 is 0 Å². The number of benzene rings is 2. The van der Waals surface area contributed by atoms with Crippen LogP contribution in [0.4, 0.5) is 4.79 Å². The molecule has 0 aliphatic carbocycles. The molecule has 2 rings (SSSR count). The van der Waals surface area contributed by atoms with Crippen molar-refractivity contribution in [3.8, 4) is 0 Å². The van der Waals surface area contributed by atoms with Gasteiger partial charge < -0.3 is 30.1 Å². The molecule has 0 spiro atoms. The Kier molecular flexibility index (Phi) is 11.8. The molecule has 206 valence electrons. The minimum absolute atomic E-state index is 0.171. The van der Waals surface area contributed by atoms with Gasteiger partial charge in [0, 0.05) is 31.8 Å². The smallest absolute Gasteiger partial charge is 0.407 e. The molecule has 8 nitrogen and oxygen atoms in total. The fourth-order valence-corrected chi connectivity index (χ4v) is 4.53. The number of carbonyl (C=O) groups is 2. The zero-order chi connectivity index (χ0) is 27.6. The fraction of sp³-hybridized carbons (Fsp3) is 0.586. The highest BCUT2D eigenvalue weighted by atomic mass is 16.7. The van der Waals surface area contributed by atoms with E-state index in [1.165, 1.54) is 4.90 Å². The maximum Gasteiger partial charge on any atom is 0.407 e. The molecule has 0 heterocycles. The monoisotopic (exact) mass is 515 g/mol. The van der Waals surface area contributed by atoms with Crippen molar-refractivity contribution >= 4 is 22.8 Å². The van der Waals surface area contributed by atoms with Crippen LogP contribution in [0.5, 0.6) is 0 Å². The van der Waals surface area contributed by atoms with Gasteiger partial charge >= 0.3 is 6.09 Å². The highest BCUT2D eigenvalue weighted by Gasteiger charge is 2.32. The lowest BCUT2D eigenvalue weighted by Gasteiger charge is -2.36. The Morgan fingerprint density at radius 1 is 1.00 bits per heavy atom. The first-order valence-electron chi connectivity index (χ1n) is 13.3. The number of unbranched alkanes of at least 4 members (excludes halogenated alkanes) is 1. The van der Waals surface area contributed by atoms with Gasteiger partial charge in [-0.3, -0.25) is 4.79 Å². The Balaban J connectivity index is 2.20. The predicted octanol–water partition coefficient (Wildman–Crippen LogP) is 5.23. The van der Waals surface area contributed by atoms with Gasteiger partial charge in [-0.25, -0.2) is 4.79 Å². The van der Waals surface area contributed by atoms with Crippen LogP contribution >= 0.6 is 0 Å². The minimum Gasteiger partial charge on any atom is -0.465 e. The predicted molar refractivity (Wildman–Crippen MR) is 147 cm³/mol. The highest BCUT2D eigenvalue weighted by molar-refractivity contribution is 5.87. The summed E-state index contributed by atoms with van der Waals surface area (Å²) in [5, 5.41) is 11.7. The Hall–Kier alpha value is -2.68. The highest BCUT2D eigenvalue weighted by Crippen LogP contribution is 2.23. The molecule has 0 aliphatic heterocycles. The van der Waals surface area contributed by atoms with Gasteiger partial charge in [-0.15, -0.1) is 0 Å². The number of hydrogen-bond acceptors (Lipinski definition) is 5. The molecular formula is C29H45N3O5. The average Bonchev–Trinajstić information content (AvgIpc) is 2.85. The molecule has 37 heavy (non-hydrogen) atoms. The Bertz CT molecular complexity index is 995. The molecule has 0 saturated heterocycles. The van der Waals surface area contributed by atoms with E-state index in [1.54, 1.807) is 4.90 Å². The molecule has 3 N–H and O–H groups in total. The molecule has 0 bridgehead atoms. The molecule has 2 aromatic rings. The zero-order valence-electron chi connectivity index (χ0n) is 23.3. The summed E-state index contributed by atoms with van der Waals surface area (Å²) >= 11 is 0. The second kappa shape index (κ2) is 14.3. The van der Waals surface area contributed by atoms with Crippen LogP contribution in [0.25, 0.3) is 10.8 Å². The van der Waals surface area contributed by atoms with Gasteiger partial charge in [0.1, 0.15) is 0 Å². The van der Waals surface area contributed by atoms with Crippen LogP contribution in [0.1, 0.15) is 66.4 Å². The van der Waals surface area contributed by atoms with E-state index < -0.39 is 24.0 Å². The van der Waals surface area contributed by atoms with E-state index in [-0.39, 0.29) is 11.9 Å². The topological polar surface area (TPSA) is 105 Å². The van der Waals surface area contributed by atoms with Crippen LogP contribution in [0.3, 0.4) is 0 Å². The average molecular weight is 516 g/mol. The van der Waals surface area contributed by atoms with Crippen molar-refractivity contribution in [1.29, 1.82) is 0 Å². The summed E-state index contributed by atoms with van der Waals surface area (Å²) < 4.78 is 11.7. The van der Waals surface area contributed by atoms with Crippen LogP contribution in [-0.4, -0.2) is 70.6 Å². The third-order valence-corrected chi connectivity index (χ3v) is 6.56. The van der Waals surface area contributed by atoms with Gasteiger partial charge in [-0.2, -0.15) is 0 Å². The molecule has 8 heteroatoms. The molecule has 0 aromatic heterocycles. The largest absolute Gasteiger partial charge is 0.465 e. The van der Waals surface area contributed by atoms with Gasteiger partial charge in [0.15, 0.2) is 6.29 Å². The summed E-state index contributed by atoms with van der Waals surface area (Å²) in [6, 6.07) is 13.1. The van der Waals surface area contributed by atoms with Gasteiger partial charge in [0.05, 0.1) is 12.1 Å². The number of ether oxygens (including phenoxy) is 2. The molecule has 0 fully saturated rings. The third kappa shape index (κ3) is 8.69. The molecule has 0 saturated carbocycles. The SMILES string of the molecule is CCOC(OCC)[C@H](C)N(Cc1cccc2ccccc12)C(=O)[C@@H](N)CCCCN(C(=O)O)C(C)(C)C. The maximum atomic E-state index is 13.7. The van der Waals surface area contributed by atoms with E-state index in [0.29, 0.717) is 45.6 Å². The molecule has 2 aromatic carbocycles. The summed E-state index contributed by atoms with van der Waals surface area (Å²) in [5.41, 5.74) is 6.97. The molecular weight excluding hydrogens is 470 g/mol. The lowest BCUT2D eigenvalue weighted by molar-refractivity contribution is -0.179. The summed E-state index contributed by atoms with van der Waals surface area (Å²) in [7, 11) is 0. The van der Waals surface area contributed by atoms with Gasteiger partial charge in [-0.1, -0.05) is 42.5 Å². The van der Waals surface area contributed by atoms with Crippen molar-refractivity contribution < 1.29 is 24.2 Å². The number of amides is 2. The Labute approximate surface area is 221 Å². The number of fused-ring (bicyclic) bond motifs is 1. The fourth-order valence-electron chi connectivity index (χ4n) is 4.53. The van der Waals surface area contributed by atoms with Gasteiger partial charge in [0.2, 0.25) is 5.91 Å². The number of rotatable bonds is 14. The first-order valence-corrected chi connectivity index (χ1v) is 13.3. The van der Waals surface area contributed by atoms with Crippen LogP contribution in [0.15, 0.2) is 42.5 Å². The summed E-state index contributed by atoms with van der Waals surface area (Å²) in [5.74, 6) is -0.171. The molecule has 0 unspecified atom stereocenters. The first-order chi connectivity index (χ1) is 17.5. The number of carbonyl (C=O) groups excluding carboxylic acids is 1. The number of hydrogen-bond donors (Lipinski definition) is 2. The second-order valence-corrected chi connectivity index (χ2v) is 10.3. The quantitative estimate of drug-likeness (QED) is 0.264. The van der Waals surface area contributed by atoms with E-state index in [0.717, 1.165) is 16.3 Å². The van der Waals surface area contributed by atoms with E-state index in [2.05, 4.69) is 18.2 Å². The second-order valence-electron chi connectivity index (χ2n) is 10.3. The minimum atomic E-state index is -0.944. The van der Waals surface area contributed by atoms with Crippen molar-refractivity contribution in [3.63, 3.8) is 0 Å². The summed E-state index contributed by atoms with van der Waals surface area (Å²) in [4.78, 5) is 28.5. The zero-order valence-corrected chi connectivity index (χ0v) is 23.3. The normalized spacial score (nSPS) is 13.5. The maximum absolute atomic E-state index is 13.7. The van der Waals surface area contributed by atoms with Crippen molar-refractivity contribution in [2.24, 2.45) is 5.73 Å². The lowest BCUT2D eigenvalue weighted by Crippen LogP contribution is -2.52. The van der Waals surface area contributed by atoms with Gasteiger partial charge in [0.25, 0.3) is 0 Å². The van der Waals surface area contributed by atoms with Crippen molar-refractivity contribution in [1.82, 2.24) is 9.80 Å². The van der Waals surface area contributed by atoms with Crippen LogP contribution in [-0.2, 0) is 20.8 Å². The lowest BCUT2D eigenvalue weighted by atomic mass is 10.0. The van der Waals surface area contributed by atoms with E-state index in [1.807, 2.05) is 65.8 Å². The molecule has 0 radical (unpaired) electrons. The standard InChI is InChI=1S/C29H45N3O5/c1-7-36-27(37-8-2)21(3)31(20-23-16-13-15-22-14-9-10-17-24(22)23)26(33)25(30)18-11-12-19-32(28(34)35)29(4,5)6/h9-10,13-17,21,25,27H,7-8,11-12,18-20,30H2,1-6H3,(H,34,35)/t21-,25-/m0/s1. The van der Waals surface area contributed by atoms with Crippen LogP contribution < -0.4 is 5.73 Å². The number of nitrogens with zero attached hydrogens (tertiary/aromatic N) is 2. The first kappa shape index (κ1) is 30.5. The Morgan fingerprint density at radius 2 is 1.62 bits per heavy atom. The molecule has 2 atom stereocenters. The van der Waals surface area contributed by atoms with Crippen molar-refractivity contribution in [2.45, 2.75) is 91.3 Å². The summed E-state index contributed by atoms with van der Waals surface area (Å²) in [6.45, 7) is 13.0. The van der Waals surface area contributed by atoms with Crippen molar-refractivity contribution in [3.05, 3.63) is 48.0 Å². The van der Waals surface area contributed by atoms with Crippen LogP contribution in [0.2, 0.25) is 0 Å². The number of nitrogens with two attached hydrogens (primary N) is 1. The Morgan fingerprint density at radius 3 is 2.22 bits per heavy atom. The van der Waals surface area contributed by atoms with E-state index in [4.69, 9.17) is 15.2 Å². The molecule has 0 aliphatic rings. The van der Waals surface area contributed by atoms with Crippen molar-refractivity contribution in [2.75, 3.05) is 19.8 Å². The third-order valence-electron chi connectivity index (χ3n) is 6.56. The van der Waals surface area contributed by atoms with Crippen LogP contribution in [0, 0.1) is 0 Å². The molecule has 2 amide bonds. The van der Waals surface area contributed by atoms with Gasteiger partial charge in [-0.05, 0) is 77.1 Å². The number of carboxylic acid groups (broad SMARTS) is 1. The summed E-state index contributed by atoms with van der Waals surface area (Å²) in [6.07, 6.45) is 0.217.